The van der Waals surface area contributed by atoms with E-state index in [9.17, 15) is 4.79 Å². The van der Waals surface area contributed by atoms with Crippen LogP contribution in [0.2, 0.25) is 0 Å². The third-order valence-corrected chi connectivity index (χ3v) is 14.2. The van der Waals surface area contributed by atoms with Crippen molar-refractivity contribution in [2.75, 3.05) is 13.2 Å². The number of rotatable bonds is 3. The number of ether oxygens (including phenoxy) is 3. The molecule has 8 heteroatoms. The molecule has 128 valence electrons. The first kappa shape index (κ1) is 14.9. The van der Waals surface area contributed by atoms with Crippen molar-refractivity contribution in [2.45, 2.75) is 51.6 Å². The number of nitrogens with one attached hydrogen (secondary N) is 2. The first-order valence-electron chi connectivity index (χ1n) is 8.36. The number of halogens is 2. The van der Waals surface area contributed by atoms with Crippen LogP contribution in [-0.2, 0) is 19.0 Å². The van der Waals surface area contributed by atoms with Crippen LogP contribution in [-0.4, -0.2) is 38.2 Å². The van der Waals surface area contributed by atoms with Crippen molar-refractivity contribution in [2.24, 2.45) is 17.3 Å². The minimum atomic E-state index is -1.14. The van der Waals surface area contributed by atoms with Gasteiger partial charge in [0.1, 0.15) is 0 Å². The van der Waals surface area contributed by atoms with Crippen LogP contribution in [0.15, 0.2) is 0 Å². The molecule has 6 rings (SSSR count). The van der Waals surface area contributed by atoms with Crippen LogP contribution in [0, 0.1) is 17.3 Å². The number of carbonyl (C=O) groups excluding carboxylic acids is 1. The number of alkyl halides is 2. The summed E-state index contributed by atoms with van der Waals surface area (Å²) in [4.78, 5) is 12.7. The Balaban J connectivity index is 1.18. The van der Waals surface area contributed by atoms with Gasteiger partial charge >= 0.3 is 157 Å². The van der Waals surface area contributed by atoms with E-state index in [0.717, 1.165) is 32.5 Å². The molecule has 0 amide bonds. The van der Waals surface area contributed by atoms with Gasteiger partial charge in [0.2, 0.25) is 0 Å². The van der Waals surface area contributed by atoms with Crippen molar-refractivity contribution in [1.29, 1.82) is 0 Å². The number of hydrogen-bond donors (Lipinski definition) is 2. The summed E-state index contributed by atoms with van der Waals surface area (Å²) in [5.74, 6) is 0.774. The average molecular weight is 546 g/mol. The van der Waals surface area contributed by atoms with E-state index >= 15 is 0 Å². The van der Waals surface area contributed by atoms with Crippen LogP contribution < -0.4 is 7.06 Å². The summed E-state index contributed by atoms with van der Waals surface area (Å²) < 4.78 is 24.1. The molecule has 0 aromatic carbocycles. The summed E-state index contributed by atoms with van der Waals surface area (Å²) in [5, 5.41) is 0. The molecule has 6 aliphatic rings. The molecule has 23 heavy (non-hydrogen) atoms. The van der Waals surface area contributed by atoms with Gasteiger partial charge in [-0.05, 0) is 0 Å². The fraction of sp³-hybridized carbons (Fsp3) is 0.933. The van der Waals surface area contributed by atoms with Crippen LogP contribution in [0.4, 0.5) is 0 Å². The molecule has 6 nitrogen and oxygen atoms in total. The summed E-state index contributed by atoms with van der Waals surface area (Å²) in [6.07, 6.45) is 4.48. The first-order chi connectivity index (χ1) is 10.9. The predicted octanol–water partition coefficient (Wildman–Crippen LogP) is 1.85. The summed E-state index contributed by atoms with van der Waals surface area (Å²) in [5.41, 5.74) is 0.210. The fourth-order valence-corrected chi connectivity index (χ4v) is 13.2. The molecule has 0 aromatic heterocycles. The maximum atomic E-state index is 12.7. The van der Waals surface area contributed by atoms with Crippen LogP contribution >= 0.6 is 43.0 Å². The molecule has 2 saturated carbocycles. The van der Waals surface area contributed by atoms with E-state index in [1.54, 1.807) is 0 Å². The van der Waals surface area contributed by atoms with Crippen molar-refractivity contribution in [3.63, 3.8) is 0 Å². The number of fused-ring (bicyclic) bond motifs is 5. The SMILES string of the molecule is CC(I)(C(=O)OC1CC2CC1CC21CCOC12CO2)C12NI1N2. The van der Waals surface area contributed by atoms with Crippen molar-refractivity contribution < 1.29 is 19.0 Å². The van der Waals surface area contributed by atoms with Gasteiger partial charge in [-0.2, -0.15) is 0 Å². The number of epoxide rings is 1. The molecule has 2 N–H and O–H groups in total. The Bertz CT molecular complexity index is 619. The van der Waals surface area contributed by atoms with Crippen molar-refractivity contribution in [3.8, 4) is 0 Å². The zero-order valence-electron chi connectivity index (χ0n) is 12.9. The van der Waals surface area contributed by atoms with Crippen molar-refractivity contribution in [3.05, 3.63) is 0 Å². The van der Waals surface area contributed by atoms with Gasteiger partial charge in [-0.1, -0.05) is 0 Å². The number of carbonyl (C=O) groups is 1. The van der Waals surface area contributed by atoms with Crippen LogP contribution in [0.3, 0.4) is 0 Å². The Kier molecular flexibility index (Phi) is 2.71. The number of hydrogen-bond acceptors (Lipinski definition) is 6. The Hall–Kier alpha value is 0.770. The Morgan fingerprint density at radius 2 is 2.13 bits per heavy atom. The van der Waals surface area contributed by atoms with E-state index in [1.165, 1.54) is 6.42 Å². The van der Waals surface area contributed by atoms with Gasteiger partial charge in [0.05, 0.1) is 0 Å². The van der Waals surface area contributed by atoms with Gasteiger partial charge in [-0.3, -0.25) is 0 Å². The second kappa shape index (κ2) is 4.19. The zero-order chi connectivity index (χ0) is 15.7. The van der Waals surface area contributed by atoms with Crippen LogP contribution in [0.1, 0.15) is 32.6 Å². The van der Waals surface area contributed by atoms with Gasteiger partial charge in [-0.15, -0.1) is 0 Å². The maximum absolute atomic E-state index is 12.7. The Labute approximate surface area is 156 Å². The summed E-state index contributed by atoms with van der Waals surface area (Å²) in [6.45, 7) is 3.60. The van der Waals surface area contributed by atoms with Gasteiger partial charge in [0.15, 0.2) is 0 Å². The molecule has 2 spiro atoms. The second-order valence-electron chi connectivity index (χ2n) is 8.01. The molecular formula is C15H20I2N2O4. The Morgan fingerprint density at radius 3 is 2.70 bits per heavy atom. The molecule has 4 aliphatic heterocycles. The van der Waals surface area contributed by atoms with Crippen LogP contribution in [0.5, 0.6) is 0 Å². The molecule has 2 bridgehead atoms. The van der Waals surface area contributed by atoms with Crippen LogP contribution in [0.25, 0.3) is 0 Å². The average Bonchev–Trinajstić information content (AvgIpc) is 3.39. The van der Waals surface area contributed by atoms with E-state index in [1.807, 2.05) is 6.92 Å². The molecular weight excluding hydrogens is 526 g/mol. The first-order valence-corrected chi connectivity index (χ1v) is 12.7. The zero-order valence-corrected chi connectivity index (χ0v) is 17.2. The van der Waals surface area contributed by atoms with E-state index in [0.29, 0.717) is 11.8 Å². The molecule has 4 heterocycles. The van der Waals surface area contributed by atoms with E-state index in [-0.39, 0.29) is 26.9 Å². The molecule has 6 fully saturated rings. The third kappa shape index (κ3) is 1.67. The number of esters is 1. The summed E-state index contributed by atoms with van der Waals surface area (Å²) in [6, 6.07) is 0. The standard InChI is InChI=1S/C15H20I2N2O4/c1-12(16,15-17(18-15)19-15)11(20)23-10-5-9-4-8(10)6-13(9)2-3-21-14(13)7-22-14/h8-10,18-19H,2-7H2,1H3. The van der Waals surface area contributed by atoms with E-state index in [2.05, 4.69) is 29.7 Å². The summed E-state index contributed by atoms with van der Waals surface area (Å²) in [7, 11) is 0. The minimum absolute atomic E-state index is 0.0398. The van der Waals surface area contributed by atoms with E-state index in [4.69, 9.17) is 14.2 Å². The molecule has 2 aliphatic carbocycles. The van der Waals surface area contributed by atoms with Gasteiger partial charge in [0, 0.05) is 0 Å². The fourth-order valence-electron chi connectivity index (χ4n) is 5.44. The molecule has 0 aromatic rings. The van der Waals surface area contributed by atoms with Gasteiger partial charge < -0.3 is 0 Å². The molecule has 4 saturated heterocycles. The third-order valence-electron chi connectivity index (χ3n) is 7.04. The van der Waals surface area contributed by atoms with Crippen molar-refractivity contribution in [1.82, 2.24) is 7.06 Å². The molecule has 0 radical (unpaired) electrons. The predicted molar refractivity (Wildman–Crippen MR) is 97.8 cm³/mol. The van der Waals surface area contributed by atoms with Crippen molar-refractivity contribution >= 4 is 48.9 Å². The Morgan fingerprint density at radius 1 is 1.39 bits per heavy atom. The summed E-state index contributed by atoms with van der Waals surface area (Å²) >= 11 is 1.14. The normalized spacial score (nSPS) is 54.2. The monoisotopic (exact) mass is 546 g/mol. The van der Waals surface area contributed by atoms with E-state index < -0.39 is 23.8 Å². The quantitative estimate of drug-likeness (QED) is 0.140. The molecule has 6 atom stereocenters. The molecule has 6 unspecified atom stereocenters. The topological polar surface area (TPSA) is 91.9 Å². The second-order valence-corrected chi connectivity index (χ2v) is 14.5. The van der Waals surface area contributed by atoms with Gasteiger partial charge in [-0.25, -0.2) is 0 Å². The van der Waals surface area contributed by atoms with Gasteiger partial charge in [0.25, 0.3) is 0 Å².